The lowest BCUT2D eigenvalue weighted by Crippen LogP contribution is -2.61. The zero-order valence-electron chi connectivity index (χ0n) is 25.4. The van der Waals surface area contributed by atoms with Gasteiger partial charge in [0.25, 0.3) is 0 Å². The van der Waals surface area contributed by atoms with Gasteiger partial charge in [0.2, 0.25) is 11.8 Å². The zero-order valence-corrected chi connectivity index (χ0v) is 26.1. The van der Waals surface area contributed by atoms with Gasteiger partial charge < -0.3 is 29.7 Å². The van der Waals surface area contributed by atoms with E-state index in [1.54, 1.807) is 12.0 Å². The van der Waals surface area contributed by atoms with E-state index in [-0.39, 0.29) is 24.4 Å². The van der Waals surface area contributed by atoms with Crippen molar-refractivity contribution in [3.63, 3.8) is 0 Å². The Kier molecular flexibility index (Phi) is 11.1. The molecule has 0 radical (unpaired) electrons. The third-order valence-electron chi connectivity index (χ3n) is 7.85. The van der Waals surface area contributed by atoms with Gasteiger partial charge in [0, 0.05) is 48.4 Å². The van der Waals surface area contributed by atoms with Crippen molar-refractivity contribution in [2.75, 3.05) is 45.4 Å². The van der Waals surface area contributed by atoms with Crippen LogP contribution in [-0.4, -0.2) is 69.3 Å². The van der Waals surface area contributed by atoms with E-state index in [1.807, 2.05) is 72.6 Å². The maximum atomic E-state index is 14.0. The molecule has 1 heterocycles. The standard InChI is InChI=1S/C34H41ClN4O5/c1-36-19-24-8-15-30(35)26(18-24)22-38(27-9-10-27)34(41)31-20-37-21-33(40)39(31)28-11-13-29(14-12-28)44-17-5-16-43-23-25-6-3-4-7-32(25)42-2/h3-4,6-8,11-15,18,27,31,36-37H,5,9-10,16-17,19-23H2,1-2H3/t31-/m1/s1. The Morgan fingerprint density at radius 2 is 1.86 bits per heavy atom. The summed E-state index contributed by atoms with van der Waals surface area (Å²) >= 11 is 6.56. The lowest BCUT2D eigenvalue weighted by atomic mass is 10.1. The molecule has 0 unspecified atom stereocenters. The number of anilines is 1. The average molecular weight is 621 g/mol. The molecule has 0 bridgehead atoms. The molecule has 3 aromatic carbocycles. The number of carbonyl (C=O) groups is 2. The summed E-state index contributed by atoms with van der Waals surface area (Å²) in [5.41, 5.74) is 3.70. The van der Waals surface area contributed by atoms with E-state index in [0.717, 1.165) is 41.7 Å². The molecular weight excluding hydrogens is 580 g/mol. The Balaban J connectivity index is 1.18. The third-order valence-corrected chi connectivity index (χ3v) is 8.22. The summed E-state index contributed by atoms with van der Waals surface area (Å²) in [5.74, 6) is 1.30. The first-order valence-electron chi connectivity index (χ1n) is 15.2. The van der Waals surface area contributed by atoms with Crippen molar-refractivity contribution < 1.29 is 23.8 Å². The monoisotopic (exact) mass is 620 g/mol. The number of carbonyl (C=O) groups excluding carboxylic acids is 2. The van der Waals surface area contributed by atoms with Gasteiger partial charge in [-0.3, -0.25) is 14.5 Å². The normalized spacial score (nSPS) is 16.6. The van der Waals surface area contributed by atoms with E-state index in [2.05, 4.69) is 16.7 Å². The number of hydrogen-bond donors (Lipinski definition) is 2. The molecule has 5 rings (SSSR count). The first kappa shape index (κ1) is 31.8. The minimum atomic E-state index is -0.650. The number of methoxy groups -OCH3 is 1. The molecule has 3 aromatic rings. The molecule has 9 nitrogen and oxygen atoms in total. The van der Waals surface area contributed by atoms with Crippen molar-refractivity contribution in [3.05, 3.63) is 88.4 Å². The van der Waals surface area contributed by atoms with Gasteiger partial charge in [0.1, 0.15) is 17.5 Å². The first-order chi connectivity index (χ1) is 21.5. The zero-order chi connectivity index (χ0) is 30.9. The molecule has 1 atom stereocenters. The van der Waals surface area contributed by atoms with Crippen LogP contribution in [-0.2, 0) is 34.0 Å². The number of rotatable bonds is 15. The Bertz CT molecular complexity index is 1420. The van der Waals surface area contributed by atoms with Gasteiger partial charge in [0.05, 0.1) is 33.5 Å². The predicted molar refractivity (Wildman–Crippen MR) is 171 cm³/mol. The van der Waals surface area contributed by atoms with E-state index < -0.39 is 6.04 Å². The SMILES string of the molecule is CNCc1ccc(Cl)c(CN(C(=O)[C@H]2CNCC(=O)N2c2ccc(OCCCOCc3ccccc3OC)cc2)C2CC2)c1. The average Bonchev–Trinajstić information content (AvgIpc) is 3.89. The molecule has 1 aliphatic carbocycles. The second-order valence-corrected chi connectivity index (χ2v) is 11.5. The predicted octanol–water partition coefficient (Wildman–Crippen LogP) is 4.55. The molecule has 0 aromatic heterocycles. The lowest BCUT2D eigenvalue weighted by molar-refractivity contribution is -0.136. The molecule has 10 heteroatoms. The number of nitrogens with zero attached hydrogens (tertiary/aromatic N) is 2. The summed E-state index contributed by atoms with van der Waals surface area (Å²) in [6, 6.07) is 20.6. The maximum absolute atomic E-state index is 14.0. The van der Waals surface area contributed by atoms with E-state index in [9.17, 15) is 9.59 Å². The van der Waals surface area contributed by atoms with Crippen LogP contribution >= 0.6 is 11.6 Å². The van der Waals surface area contributed by atoms with Gasteiger partial charge in [-0.1, -0.05) is 41.9 Å². The fraction of sp³-hybridized carbons (Fsp3) is 0.412. The molecule has 2 N–H and O–H groups in total. The van der Waals surface area contributed by atoms with Crippen molar-refractivity contribution >= 4 is 29.1 Å². The molecular formula is C34H41ClN4O5. The Hall–Kier alpha value is -3.63. The van der Waals surface area contributed by atoms with Crippen LogP contribution in [0.5, 0.6) is 11.5 Å². The van der Waals surface area contributed by atoms with Crippen LogP contribution in [0, 0.1) is 0 Å². The molecule has 2 amide bonds. The molecule has 234 valence electrons. The van der Waals surface area contributed by atoms with Crippen molar-refractivity contribution in [1.82, 2.24) is 15.5 Å². The van der Waals surface area contributed by atoms with E-state index in [0.29, 0.717) is 55.9 Å². The number of hydrogen-bond acceptors (Lipinski definition) is 7. The summed E-state index contributed by atoms with van der Waals surface area (Å²) in [6.07, 6.45) is 2.62. The summed E-state index contributed by atoms with van der Waals surface area (Å²) in [5, 5.41) is 6.93. The van der Waals surface area contributed by atoms with Crippen molar-refractivity contribution in [1.29, 1.82) is 0 Å². The Labute approximate surface area is 264 Å². The van der Waals surface area contributed by atoms with Gasteiger partial charge >= 0.3 is 0 Å². The maximum Gasteiger partial charge on any atom is 0.247 e. The smallest absolute Gasteiger partial charge is 0.247 e. The van der Waals surface area contributed by atoms with Gasteiger partial charge in [-0.05, 0) is 67.4 Å². The second kappa shape index (κ2) is 15.4. The third kappa shape index (κ3) is 8.09. The number of ether oxygens (including phenoxy) is 3. The van der Waals surface area contributed by atoms with E-state index in [1.165, 1.54) is 0 Å². The van der Waals surface area contributed by atoms with Crippen LogP contribution in [0.4, 0.5) is 5.69 Å². The molecule has 1 aliphatic heterocycles. The summed E-state index contributed by atoms with van der Waals surface area (Å²) in [4.78, 5) is 30.7. The molecule has 1 saturated heterocycles. The van der Waals surface area contributed by atoms with Crippen molar-refractivity contribution in [3.8, 4) is 11.5 Å². The van der Waals surface area contributed by atoms with E-state index >= 15 is 0 Å². The highest BCUT2D eigenvalue weighted by Crippen LogP contribution is 2.33. The summed E-state index contributed by atoms with van der Waals surface area (Å²) in [6.45, 7) is 3.21. The number of piperazine rings is 1. The van der Waals surface area contributed by atoms with Crippen LogP contribution in [0.2, 0.25) is 5.02 Å². The van der Waals surface area contributed by atoms with Crippen molar-refractivity contribution in [2.45, 2.75) is 51.0 Å². The largest absolute Gasteiger partial charge is 0.496 e. The van der Waals surface area contributed by atoms with Gasteiger partial charge in [0.15, 0.2) is 0 Å². The van der Waals surface area contributed by atoms with Crippen LogP contribution in [0.25, 0.3) is 0 Å². The fourth-order valence-corrected chi connectivity index (χ4v) is 5.63. The Morgan fingerprint density at radius 1 is 1.07 bits per heavy atom. The molecule has 2 aliphatic rings. The number of halogens is 1. The van der Waals surface area contributed by atoms with Crippen LogP contribution < -0.4 is 25.0 Å². The quantitative estimate of drug-likeness (QED) is 0.241. The van der Waals surface area contributed by atoms with Gasteiger partial charge in [-0.15, -0.1) is 0 Å². The summed E-state index contributed by atoms with van der Waals surface area (Å²) < 4.78 is 17.1. The minimum absolute atomic E-state index is 0.0726. The van der Waals surface area contributed by atoms with Crippen molar-refractivity contribution in [2.24, 2.45) is 0 Å². The number of nitrogens with one attached hydrogen (secondary N) is 2. The Morgan fingerprint density at radius 3 is 2.61 bits per heavy atom. The first-order valence-corrected chi connectivity index (χ1v) is 15.5. The van der Waals surface area contributed by atoms with Gasteiger partial charge in [-0.2, -0.15) is 0 Å². The minimum Gasteiger partial charge on any atom is -0.496 e. The summed E-state index contributed by atoms with van der Waals surface area (Å²) in [7, 11) is 3.55. The lowest BCUT2D eigenvalue weighted by Gasteiger charge is -2.38. The highest BCUT2D eigenvalue weighted by Gasteiger charge is 2.41. The molecule has 1 saturated carbocycles. The topological polar surface area (TPSA) is 92.4 Å². The molecule has 44 heavy (non-hydrogen) atoms. The van der Waals surface area contributed by atoms with Gasteiger partial charge in [-0.25, -0.2) is 0 Å². The molecule has 2 fully saturated rings. The van der Waals surface area contributed by atoms with Crippen LogP contribution in [0.15, 0.2) is 66.7 Å². The highest BCUT2D eigenvalue weighted by atomic mass is 35.5. The van der Waals surface area contributed by atoms with Crippen LogP contribution in [0.1, 0.15) is 36.0 Å². The number of para-hydroxylation sites is 1. The van der Waals surface area contributed by atoms with Crippen LogP contribution in [0.3, 0.4) is 0 Å². The van der Waals surface area contributed by atoms with E-state index in [4.69, 9.17) is 25.8 Å². The fourth-order valence-electron chi connectivity index (χ4n) is 5.46. The molecule has 0 spiro atoms. The number of amides is 2. The second-order valence-electron chi connectivity index (χ2n) is 11.1. The highest BCUT2D eigenvalue weighted by molar-refractivity contribution is 6.31. The number of benzene rings is 3.